The van der Waals surface area contributed by atoms with Gasteiger partial charge in [0.15, 0.2) is 0 Å². The smallest absolute Gasteiger partial charge is 0.264 e. The number of aromatic nitrogens is 4. The van der Waals surface area contributed by atoms with E-state index in [1.807, 2.05) is 24.3 Å². The van der Waals surface area contributed by atoms with Gasteiger partial charge in [0.05, 0.1) is 17.2 Å². The fourth-order valence-corrected chi connectivity index (χ4v) is 2.20. The largest absolute Gasteiger partial charge is 0.351 e. The summed E-state index contributed by atoms with van der Waals surface area (Å²) < 4.78 is 3.65. The molecule has 0 aliphatic rings. The average molecular weight is 273 g/mol. The zero-order chi connectivity index (χ0) is 13.1. The predicted molar refractivity (Wildman–Crippen MR) is 72.0 cm³/mol. The second-order valence-corrected chi connectivity index (χ2v) is 4.77. The van der Waals surface area contributed by atoms with Crippen LogP contribution in [0.5, 0.6) is 0 Å². The SMILES string of the molecule is O=C(NCCc1nc2ccccc2[nH]1)c1cnns1. The van der Waals surface area contributed by atoms with Gasteiger partial charge >= 0.3 is 0 Å². The number of carbonyl (C=O) groups excluding carboxylic acids is 1. The zero-order valence-corrected chi connectivity index (χ0v) is 10.8. The summed E-state index contributed by atoms with van der Waals surface area (Å²) in [6, 6.07) is 7.85. The van der Waals surface area contributed by atoms with Crippen molar-refractivity contribution in [1.29, 1.82) is 0 Å². The van der Waals surface area contributed by atoms with Gasteiger partial charge < -0.3 is 10.3 Å². The molecule has 6 nitrogen and oxygen atoms in total. The van der Waals surface area contributed by atoms with Crippen LogP contribution in [0.3, 0.4) is 0 Å². The molecule has 0 saturated heterocycles. The van der Waals surface area contributed by atoms with Crippen molar-refractivity contribution in [2.75, 3.05) is 6.54 Å². The van der Waals surface area contributed by atoms with Gasteiger partial charge in [-0.05, 0) is 23.7 Å². The summed E-state index contributed by atoms with van der Waals surface area (Å²) in [5.74, 6) is 0.718. The number of amides is 1. The molecule has 96 valence electrons. The van der Waals surface area contributed by atoms with Crippen molar-refractivity contribution in [3.05, 3.63) is 41.2 Å². The first-order valence-electron chi connectivity index (χ1n) is 5.82. The number of carbonyl (C=O) groups is 1. The van der Waals surface area contributed by atoms with Crippen LogP contribution in [0.4, 0.5) is 0 Å². The summed E-state index contributed by atoms with van der Waals surface area (Å²) in [6.45, 7) is 0.524. The molecule has 1 amide bonds. The van der Waals surface area contributed by atoms with Crippen molar-refractivity contribution < 1.29 is 4.79 Å². The Kier molecular flexibility index (Phi) is 3.20. The minimum Gasteiger partial charge on any atom is -0.351 e. The van der Waals surface area contributed by atoms with E-state index in [1.54, 1.807) is 0 Å². The summed E-state index contributed by atoms with van der Waals surface area (Å²) >= 11 is 1.08. The fraction of sp³-hybridized carbons (Fsp3) is 0.167. The number of rotatable bonds is 4. The van der Waals surface area contributed by atoms with Crippen molar-refractivity contribution in [1.82, 2.24) is 24.9 Å². The first kappa shape index (κ1) is 11.8. The maximum Gasteiger partial charge on any atom is 0.264 e. The van der Waals surface area contributed by atoms with E-state index >= 15 is 0 Å². The highest BCUT2D eigenvalue weighted by Crippen LogP contribution is 2.10. The number of hydrogen-bond acceptors (Lipinski definition) is 5. The van der Waals surface area contributed by atoms with Crippen molar-refractivity contribution >= 4 is 28.5 Å². The third-order valence-electron chi connectivity index (χ3n) is 2.67. The van der Waals surface area contributed by atoms with Crippen molar-refractivity contribution in [3.8, 4) is 0 Å². The van der Waals surface area contributed by atoms with Crippen LogP contribution in [0.2, 0.25) is 0 Å². The van der Waals surface area contributed by atoms with E-state index in [0.717, 1.165) is 28.4 Å². The van der Waals surface area contributed by atoms with Gasteiger partial charge in [0.1, 0.15) is 10.7 Å². The number of nitrogens with one attached hydrogen (secondary N) is 2. The molecule has 1 aromatic carbocycles. The number of benzene rings is 1. The monoisotopic (exact) mass is 273 g/mol. The maximum absolute atomic E-state index is 11.7. The van der Waals surface area contributed by atoms with Crippen LogP contribution in [-0.4, -0.2) is 32.0 Å². The molecule has 3 aromatic rings. The Labute approximate surface area is 113 Å². The number of para-hydroxylation sites is 2. The van der Waals surface area contributed by atoms with Crippen LogP contribution < -0.4 is 5.32 Å². The first-order valence-corrected chi connectivity index (χ1v) is 6.59. The number of nitrogens with zero attached hydrogens (tertiary/aromatic N) is 3. The second-order valence-electron chi connectivity index (χ2n) is 3.99. The van der Waals surface area contributed by atoms with Gasteiger partial charge in [0.25, 0.3) is 5.91 Å². The van der Waals surface area contributed by atoms with Crippen LogP contribution >= 0.6 is 11.5 Å². The molecule has 0 spiro atoms. The van der Waals surface area contributed by atoms with Gasteiger partial charge in [-0.25, -0.2) is 4.98 Å². The Bertz CT molecular complexity index is 658. The zero-order valence-electron chi connectivity index (χ0n) is 9.96. The van der Waals surface area contributed by atoms with Crippen molar-refractivity contribution in [2.24, 2.45) is 0 Å². The van der Waals surface area contributed by atoms with Gasteiger partial charge in [-0.2, -0.15) is 0 Å². The van der Waals surface area contributed by atoms with Gasteiger partial charge in [-0.1, -0.05) is 16.6 Å². The van der Waals surface area contributed by atoms with Crippen LogP contribution in [0.1, 0.15) is 15.5 Å². The molecule has 0 unspecified atom stereocenters. The lowest BCUT2D eigenvalue weighted by Crippen LogP contribution is -2.25. The summed E-state index contributed by atoms with van der Waals surface area (Å²) in [5, 5.41) is 6.44. The van der Waals surface area contributed by atoms with E-state index in [1.165, 1.54) is 6.20 Å². The Morgan fingerprint density at radius 3 is 3.05 bits per heavy atom. The minimum absolute atomic E-state index is 0.147. The molecule has 0 atom stereocenters. The molecule has 0 radical (unpaired) electrons. The molecule has 2 heterocycles. The van der Waals surface area contributed by atoms with Crippen LogP contribution in [0.15, 0.2) is 30.5 Å². The summed E-state index contributed by atoms with van der Waals surface area (Å²) in [5.41, 5.74) is 1.95. The number of H-pyrrole nitrogens is 1. The van der Waals surface area contributed by atoms with E-state index in [4.69, 9.17) is 0 Å². The molecule has 0 saturated carbocycles. The van der Waals surface area contributed by atoms with Gasteiger partial charge in [0, 0.05) is 13.0 Å². The quantitative estimate of drug-likeness (QED) is 0.752. The van der Waals surface area contributed by atoms with Crippen molar-refractivity contribution in [2.45, 2.75) is 6.42 Å². The topological polar surface area (TPSA) is 83.6 Å². The van der Waals surface area contributed by atoms with E-state index in [2.05, 4.69) is 24.9 Å². The molecule has 0 bridgehead atoms. The highest BCUT2D eigenvalue weighted by atomic mass is 32.1. The molecule has 0 fully saturated rings. The van der Waals surface area contributed by atoms with E-state index < -0.39 is 0 Å². The minimum atomic E-state index is -0.147. The van der Waals surface area contributed by atoms with E-state index in [-0.39, 0.29) is 5.91 Å². The number of aromatic amines is 1. The average Bonchev–Trinajstić information content (AvgIpc) is 3.07. The third-order valence-corrected chi connectivity index (χ3v) is 3.33. The highest BCUT2D eigenvalue weighted by Gasteiger charge is 2.08. The van der Waals surface area contributed by atoms with Crippen LogP contribution in [0.25, 0.3) is 11.0 Å². The predicted octanol–water partition coefficient (Wildman–Crippen LogP) is 1.39. The van der Waals surface area contributed by atoms with Gasteiger partial charge in [0.2, 0.25) is 0 Å². The molecule has 3 rings (SSSR count). The molecule has 19 heavy (non-hydrogen) atoms. The number of imidazole rings is 1. The lowest BCUT2D eigenvalue weighted by Gasteiger charge is -2.00. The lowest BCUT2D eigenvalue weighted by molar-refractivity contribution is 0.0958. The lowest BCUT2D eigenvalue weighted by atomic mass is 10.3. The van der Waals surface area contributed by atoms with Crippen molar-refractivity contribution in [3.63, 3.8) is 0 Å². The highest BCUT2D eigenvalue weighted by molar-refractivity contribution is 7.07. The van der Waals surface area contributed by atoms with Gasteiger partial charge in [-0.15, -0.1) is 5.10 Å². The van der Waals surface area contributed by atoms with Crippen LogP contribution in [0, 0.1) is 0 Å². The molecular weight excluding hydrogens is 262 g/mol. The molecule has 7 heteroatoms. The summed E-state index contributed by atoms with van der Waals surface area (Å²) in [6.07, 6.45) is 2.12. The normalized spacial score (nSPS) is 10.7. The standard InChI is InChI=1S/C12H11N5OS/c18-12(10-7-14-17-19-10)13-6-5-11-15-8-3-1-2-4-9(8)16-11/h1-4,7H,5-6H2,(H,13,18)(H,15,16). The molecular formula is C12H11N5OS. The molecule has 2 N–H and O–H groups in total. The molecule has 2 aromatic heterocycles. The first-order chi connectivity index (χ1) is 9.33. The Morgan fingerprint density at radius 2 is 2.26 bits per heavy atom. The molecule has 0 aliphatic carbocycles. The van der Waals surface area contributed by atoms with Gasteiger partial charge in [-0.3, -0.25) is 4.79 Å². The number of fused-ring (bicyclic) bond motifs is 1. The Morgan fingerprint density at radius 1 is 1.37 bits per heavy atom. The number of hydrogen-bond donors (Lipinski definition) is 2. The fourth-order valence-electron chi connectivity index (χ4n) is 1.77. The third kappa shape index (κ3) is 2.60. The van der Waals surface area contributed by atoms with E-state index in [0.29, 0.717) is 17.8 Å². The Hall–Kier alpha value is -2.28. The van der Waals surface area contributed by atoms with Crippen LogP contribution in [-0.2, 0) is 6.42 Å². The maximum atomic E-state index is 11.7. The van der Waals surface area contributed by atoms with E-state index in [9.17, 15) is 4.79 Å². The Balaban J connectivity index is 1.59. The molecule has 0 aliphatic heterocycles. The summed E-state index contributed by atoms with van der Waals surface area (Å²) in [7, 11) is 0. The second kappa shape index (κ2) is 5.15. The summed E-state index contributed by atoms with van der Waals surface area (Å²) in [4.78, 5) is 19.8.